The highest BCUT2D eigenvalue weighted by Crippen LogP contribution is 2.00. The topological polar surface area (TPSA) is 54.4 Å². The van der Waals surface area contributed by atoms with Gasteiger partial charge in [0.25, 0.3) is 0 Å². The molecule has 1 heterocycles. The molecule has 0 bridgehead atoms. The van der Waals surface area contributed by atoms with Crippen LogP contribution in [0.4, 0.5) is 4.39 Å². The van der Waals surface area contributed by atoms with Crippen LogP contribution in [0.25, 0.3) is 0 Å². The fourth-order valence-electron chi connectivity index (χ4n) is 1.33. The van der Waals surface area contributed by atoms with E-state index in [0.29, 0.717) is 26.1 Å². The molecule has 5 heteroatoms. The van der Waals surface area contributed by atoms with Gasteiger partial charge in [-0.1, -0.05) is 0 Å². The van der Waals surface area contributed by atoms with Crippen LogP contribution in [0.15, 0.2) is 18.5 Å². The summed E-state index contributed by atoms with van der Waals surface area (Å²) in [6.45, 7) is 1.54. The standard InChI is InChI=1S/C11H17FN2O2/c1-16-8-11(15)2-3-13-5-9-4-10(12)7-14-6-9/h4,6-7,11,13,15H,2-3,5,8H2,1H3. The first kappa shape index (κ1) is 13.0. The first-order valence-electron chi connectivity index (χ1n) is 5.19. The second kappa shape index (κ2) is 7.27. The Morgan fingerprint density at radius 2 is 2.38 bits per heavy atom. The van der Waals surface area contributed by atoms with Gasteiger partial charge in [0.05, 0.1) is 18.9 Å². The Balaban J connectivity index is 2.16. The van der Waals surface area contributed by atoms with Crippen LogP contribution in [0.3, 0.4) is 0 Å². The molecule has 90 valence electrons. The molecule has 1 unspecified atom stereocenters. The van der Waals surface area contributed by atoms with Crippen LogP contribution in [0.5, 0.6) is 0 Å². The van der Waals surface area contributed by atoms with E-state index in [1.54, 1.807) is 13.3 Å². The van der Waals surface area contributed by atoms with Crippen molar-refractivity contribution in [3.8, 4) is 0 Å². The van der Waals surface area contributed by atoms with E-state index in [0.717, 1.165) is 5.56 Å². The summed E-state index contributed by atoms with van der Waals surface area (Å²) in [5.41, 5.74) is 0.793. The van der Waals surface area contributed by atoms with Crippen LogP contribution >= 0.6 is 0 Å². The molecule has 16 heavy (non-hydrogen) atoms. The zero-order valence-corrected chi connectivity index (χ0v) is 9.32. The average molecular weight is 228 g/mol. The lowest BCUT2D eigenvalue weighted by Crippen LogP contribution is -2.23. The van der Waals surface area contributed by atoms with Crippen molar-refractivity contribution >= 4 is 0 Å². The fraction of sp³-hybridized carbons (Fsp3) is 0.545. The number of hydrogen-bond acceptors (Lipinski definition) is 4. The molecule has 4 nitrogen and oxygen atoms in total. The van der Waals surface area contributed by atoms with Gasteiger partial charge in [0, 0.05) is 19.9 Å². The lowest BCUT2D eigenvalue weighted by molar-refractivity contribution is 0.0594. The SMILES string of the molecule is COCC(O)CCNCc1cncc(F)c1. The number of ether oxygens (including phenoxy) is 1. The van der Waals surface area contributed by atoms with Crippen molar-refractivity contribution < 1.29 is 14.2 Å². The third-order valence-electron chi connectivity index (χ3n) is 2.10. The Hall–Kier alpha value is -1.04. The number of hydrogen-bond donors (Lipinski definition) is 2. The van der Waals surface area contributed by atoms with Gasteiger partial charge in [0.15, 0.2) is 0 Å². The van der Waals surface area contributed by atoms with Gasteiger partial charge in [-0.3, -0.25) is 4.98 Å². The monoisotopic (exact) mass is 228 g/mol. The molecule has 1 aromatic rings. The van der Waals surface area contributed by atoms with Gasteiger partial charge in [-0.25, -0.2) is 4.39 Å². The van der Waals surface area contributed by atoms with Crippen molar-refractivity contribution in [2.45, 2.75) is 19.1 Å². The Kier molecular flexibility index (Phi) is 5.92. The Morgan fingerprint density at radius 3 is 3.06 bits per heavy atom. The number of nitrogens with zero attached hydrogens (tertiary/aromatic N) is 1. The van der Waals surface area contributed by atoms with Crippen LogP contribution < -0.4 is 5.32 Å². The van der Waals surface area contributed by atoms with Crippen LogP contribution in [0.1, 0.15) is 12.0 Å². The van der Waals surface area contributed by atoms with Gasteiger partial charge < -0.3 is 15.2 Å². The third kappa shape index (κ3) is 5.16. The highest BCUT2D eigenvalue weighted by Gasteiger charge is 2.02. The molecule has 1 aromatic heterocycles. The maximum absolute atomic E-state index is 12.8. The van der Waals surface area contributed by atoms with Gasteiger partial charge in [0.2, 0.25) is 0 Å². The number of halogens is 1. The molecule has 2 N–H and O–H groups in total. The number of rotatable bonds is 7. The van der Waals surface area contributed by atoms with Crippen molar-refractivity contribution in [1.82, 2.24) is 10.3 Å². The van der Waals surface area contributed by atoms with Crippen molar-refractivity contribution in [3.05, 3.63) is 29.8 Å². The number of aliphatic hydroxyl groups is 1. The number of aromatic nitrogens is 1. The summed E-state index contributed by atoms with van der Waals surface area (Å²) in [5, 5.41) is 12.4. The van der Waals surface area contributed by atoms with E-state index in [-0.39, 0.29) is 5.82 Å². The minimum absolute atomic E-state index is 0.335. The first-order chi connectivity index (χ1) is 7.72. The summed E-state index contributed by atoms with van der Waals surface area (Å²) in [5.74, 6) is -0.335. The van der Waals surface area contributed by atoms with Crippen LogP contribution in [0, 0.1) is 5.82 Å². The predicted molar refractivity (Wildman–Crippen MR) is 58.4 cm³/mol. The number of aliphatic hydroxyl groups excluding tert-OH is 1. The lowest BCUT2D eigenvalue weighted by atomic mass is 10.2. The maximum Gasteiger partial charge on any atom is 0.141 e. The number of methoxy groups -OCH3 is 1. The first-order valence-corrected chi connectivity index (χ1v) is 5.19. The van der Waals surface area contributed by atoms with Gasteiger partial charge in [-0.05, 0) is 24.6 Å². The minimum Gasteiger partial charge on any atom is -0.391 e. The van der Waals surface area contributed by atoms with Crippen LogP contribution in [-0.4, -0.2) is 36.5 Å². The third-order valence-corrected chi connectivity index (χ3v) is 2.10. The van der Waals surface area contributed by atoms with E-state index in [4.69, 9.17) is 4.74 Å². The van der Waals surface area contributed by atoms with Crippen LogP contribution in [-0.2, 0) is 11.3 Å². The van der Waals surface area contributed by atoms with Crippen LogP contribution in [0.2, 0.25) is 0 Å². The quantitative estimate of drug-likeness (QED) is 0.675. The molecule has 0 aliphatic rings. The summed E-state index contributed by atoms with van der Waals surface area (Å²) in [4.78, 5) is 3.74. The van der Waals surface area contributed by atoms with Gasteiger partial charge >= 0.3 is 0 Å². The summed E-state index contributed by atoms with van der Waals surface area (Å²) < 4.78 is 17.6. The second-order valence-electron chi connectivity index (χ2n) is 3.59. The lowest BCUT2D eigenvalue weighted by Gasteiger charge is -2.09. The molecular weight excluding hydrogens is 211 g/mol. The van der Waals surface area contributed by atoms with Gasteiger partial charge in [0.1, 0.15) is 5.82 Å². The maximum atomic E-state index is 12.8. The Bertz CT molecular complexity index is 310. The Labute approximate surface area is 94.5 Å². The smallest absolute Gasteiger partial charge is 0.141 e. The molecule has 0 amide bonds. The highest BCUT2D eigenvalue weighted by atomic mass is 19.1. The predicted octanol–water partition coefficient (Wildman–Crippen LogP) is 0.708. The molecule has 0 radical (unpaired) electrons. The highest BCUT2D eigenvalue weighted by molar-refractivity contribution is 5.09. The fourth-order valence-corrected chi connectivity index (χ4v) is 1.33. The molecule has 0 fully saturated rings. The van der Waals surface area contributed by atoms with Crippen molar-refractivity contribution in [2.24, 2.45) is 0 Å². The van der Waals surface area contributed by atoms with E-state index in [1.165, 1.54) is 12.3 Å². The summed E-state index contributed by atoms with van der Waals surface area (Å²) in [6, 6.07) is 1.44. The number of pyridine rings is 1. The van der Waals surface area contributed by atoms with Crippen molar-refractivity contribution in [2.75, 3.05) is 20.3 Å². The average Bonchev–Trinajstić information content (AvgIpc) is 2.25. The minimum atomic E-state index is -0.455. The normalized spacial score (nSPS) is 12.7. The van der Waals surface area contributed by atoms with E-state index in [9.17, 15) is 9.50 Å². The molecule has 0 saturated heterocycles. The molecule has 0 aromatic carbocycles. The Morgan fingerprint density at radius 1 is 1.56 bits per heavy atom. The van der Waals surface area contributed by atoms with Crippen molar-refractivity contribution in [3.63, 3.8) is 0 Å². The van der Waals surface area contributed by atoms with E-state index in [1.807, 2.05) is 0 Å². The number of nitrogens with one attached hydrogen (secondary N) is 1. The molecule has 1 rings (SSSR count). The second-order valence-corrected chi connectivity index (χ2v) is 3.59. The molecular formula is C11H17FN2O2. The van der Waals surface area contributed by atoms with Gasteiger partial charge in [-0.2, -0.15) is 0 Å². The van der Waals surface area contributed by atoms with Gasteiger partial charge in [-0.15, -0.1) is 0 Å². The van der Waals surface area contributed by atoms with E-state index in [2.05, 4.69) is 10.3 Å². The molecule has 1 atom stereocenters. The largest absolute Gasteiger partial charge is 0.391 e. The molecule has 0 aliphatic carbocycles. The summed E-state index contributed by atoms with van der Waals surface area (Å²) in [7, 11) is 1.55. The zero-order chi connectivity index (χ0) is 11.8. The van der Waals surface area contributed by atoms with E-state index >= 15 is 0 Å². The molecule has 0 saturated carbocycles. The zero-order valence-electron chi connectivity index (χ0n) is 9.32. The molecule has 0 aliphatic heterocycles. The summed E-state index contributed by atoms with van der Waals surface area (Å²) >= 11 is 0. The van der Waals surface area contributed by atoms with E-state index < -0.39 is 6.10 Å². The van der Waals surface area contributed by atoms with Crippen molar-refractivity contribution in [1.29, 1.82) is 0 Å². The summed E-state index contributed by atoms with van der Waals surface area (Å²) in [6.07, 6.45) is 2.94. The molecule has 0 spiro atoms.